The monoisotopic (exact) mass is 616 g/mol. The number of aryl methyl sites for hydroxylation is 1. The molecule has 230 valence electrons. The second-order valence-corrected chi connectivity index (χ2v) is 17.2. The van der Waals surface area contributed by atoms with Crippen molar-refractivity contribution in [3.8, 4) is 5.75 Å². The topological polar surface area (TPSA) is 214 Å². The summed E-state index contributed by atoms with van der Waals surface area (Å²) in [5, 5.41) is 24.6. The average Bonchev–Trinajstić information content (AvgIpc) is 3.14. The molecule has 5 atom stereocenters. The molecule has 1 aromatic rings. The zero-order valence-electron chi connectivity index (χ0n) is 23.6. The SMILES string of the molecule is CC(C)(CNC(=O)CC(P(=O)(O)O)P(=O)(O)O)CNC(=O)[C@@]1(O)CCC2C3CCc4cc(O)ccc4C3CC[C@@]21C. The van der Waals surface area contributed by atoms with Gasteiger partial charge in [-0.2, -0.15) is 0 Å². The van der Waals surface area contributed by atoms with E-state index in [4.69, 9.17) is 0 Å². The number of aliphatic hydroxyl groups is 1. The standard InChI is InChI=1S/C27H42N2O10P2/c1-25(2,14-28-22(31)13-23(40(34,35)36)41(37,38)39)15-29-24(32)27(33)11-9-21-20-6-4-16-12-17(30)5-7-18(16)19(20)8-10-26(21,27)3/h5,7,12,19-21,23,30,33H,4,6,8-11,13-15H2,1-3H3,(H,28,31)(H,29,32)(H2,34,35,36)(H2,37,38,39)/t19?,20?,21?,26-,27-/m0/s1. The lowest BCUT2D eigenvalue weighted by atomic mass is 9.53. The summed E-state index contributed by atoms with van der Waals surface area (Å²) in [4.78, 5) is 62.8. The van der Waals surface area contributed by atoms with Gasteiger partial charge in [0.1, 0.15) is 11.4 Å². The first-order chi connectivity index (χ1) is 18.8. The van der Waals surface area contributed by atoms with E-state index in [0.29, 0.717) is 24.7 Å². The number of rotatable bonds is 9. The number of carbonyl (C=O) groups is 2. The van der Waals surface area contributed by atoms with Gasteiger partial charge in [-0.3, -0.25) is 18.7 Å². The molecule has 2 amide bonds. The van der Waals surface area contributed by atoms with Gasteiger partial charge in [0.2, 0.25) is 5.91 Å². The van der Waals surface area contributed by atoms with E-state index in [9.17, 15) is 48.5 Å². The van der Waals surface area contributed by atoms with E-state index in [1.807, 2.05) is 19.1 Å². The van der Waals surface area contributed by atoms with Crippen LogP contribution in [0.5, 0.6) is 5.75 Å². The first kappa shape index (κ1) is 32.1. The van der Waals surface area contributed by atoms with Gasteiger partial charge in [0, 0.05) is 18.5 Å². The average molecular weight is 617 g/mol. The van der Waals surface area contributed by atoms with Crippen LogP contribution in [0.4, 0.5) is 0 Å². The third kappa shape index (κ3) is 6.30. The van der Waals surface area contributed by atoms with Gasteiger partial charge in [0.15, 0.2) is 5.40 Å². The van der Waals surface area contributed by atoms with Gasteiger partial charge in [0.05, 0.1) is 6.42 Å². The minimum absolute atomic E-state index is 0.0435. The van der Waals surface area contributed by atoms with Crippen LogP contribution in [-0.2, 0) is 25.1 Å². The maximum absolute atomic E-state index is 13.5. The summed E-state index contributed by atoms with van der Waals surface area (Å²) in [5.41, 5.74) is -0.467. The van der Waals surface area contributed by atoms with Crippen molar-refractivity contribution < 1.29 is 48.5 Å². The van der Waals surface area contributed by atoms with Crippen LogP contribution in [0.2, 0.25) is 0 Å². The quantitative estimate of drug-likeness (QED) is 0.190. The lowest BCUT2D eigenvalue weighted by Gasteiger charge is -2.52. The van der Waals surface area contributed by atoms with Crippen LogP contribution in [0.15, 0.2) is 18.2 Å². The van der Waals surface area contributed by atoms with Crippen LogP contribution in [0, 0.1) is 22.7 Å². The number of aromatic hydroxyl groups is 1. The zero-order valence-corrected chi connectivity index (χ0v) is 25.4. The lowest BCUT2D eigenvalue weighted by molar-refractivity contribution is -0.159. The third-order valence-electron chi connectivity index (χ3n) is 9.87. The van der Waals surface area contributed by atoms with Crippen molar-refractivity contribution in [3.05, 3.63) is 29.3 Å². The second kappa shape index (κ2) is 11.1. The molecule has 0 saturated heterocycles. The number of fused-ring (bicyclic) bond motifs is 5. The molecule has 3 unspecified atom stereocenters. The van der Waals surface area contributed by atoms with Gasteiger partial charge in [-0.25, -0.2) is 0 Å². The number of hydrogen-bond acceptors (Lipinski definition) is 6. The fourth-order valence-corrected chi connectivity index (χ4v) is 9.87. The maximum atomic E-state index is 13.5. The molecule has 0 heterocycles. The first-order valence-corrected chi connectivity index (χ1v) is 17.3. The fraction of sp³-hybridized carbons (Fsp3) is 0.704. The molecule has 41 heavy (non-hydrogen) atoms. The highest BCUT2D eigenvalue weighted by Gasteiger charge is 2.64. The van der Waals surface area contributed by atoms with Crippen molar-refractivity contribution in [1.82, 2.24) is 10.6 Å². The van der Waals surface area contributed by atoms with Crippen molar-refractivity contribution in [3.63, 3.8) is 0 Å². The molecule has 0 radical (unpaired) electrons. The Kier molecular flexibility index (Phi) is 8.66. The number of phenols is 1. The molecular formula is C27H42N2O10P2. The molecule has 14 heteroatoms. The molecule has 4 rings (SSSR count). The van der Waals surface area contributed by atoms with Gasteiger partial charge in [-0.15, -0.1) is 0 Å². The molecule has 0 spiro atoms. The Hall–Kier alpha value is -1.78. The first-order valence-electron chi connectivity index (χ1n) is 14.0. The van der Waals surface area contributed by atoms with Crippen molar-refractivity contribution in [1.29, 1.82) is 0 Å². The Morgan fingerprint density at radius 3 is 2.29 bits per heavy atom. The van der Waals surface area contributed by atoms with Gasteiger partial charge in [-0.1, -0.05) is 26.8 Å². The smallest absolute Gasteiger partial charge is 0.341 e. The number of nitrogens with one attached hydrogen (secondary N) is 2. The Labute approximate surface area is 239 Å². The molecule has 2 saturated carbocycles. The number of amides is 2. The lowest BCUT2D eigenvalue weighted by Crippen LogP contribution is -2.59. The van der Waals surface area contributed by atoms with E-state index in [-0.39, 0.29) is 24.8 Å². The van der Waals surface area contributed by atoms with E-state index < -0.39 is 55.3 Å². The number of carbonyl (C=O) groups excluding carboxylic acids is 2. The summed E-state index contributed by atoms with van der Waals surface area (Å²) >= 11 is 0. The van der Waals surface area contributed by atoms with Crippen LogP contribution in [0.1, 0.15) is 76.3 Å². The molecule has 2 fully saturated rings. The summed E-state index contributed by atoms with van der Waals surface area (Å²) in [6.45, 7) is 5.53. The van der Waals surface area contributed by atoms with Crippen LogP contribution >= 0.6 is 15.2 Å². The highest BCUT2D eigenvalue weighted by atomic mass is 31.2. The molecule has 1 aromatic carbocycles. The Morgan fingerprint density at radius 2 is 1.66 bits per heavy atom. The van der Waals surface area contributed by atoms with Gasteiger partial charge in [-0.05, 0) is 85.0 Å². The molecule has 8 N–H and O–H groups in total. The van der Waals surface area contributed by atoms with E-state index >= 15 is 0 Å². The molecule has 3 aliphatic carbocycles. The maximum Gasteiger partial charge on any atom is 0.341 e. The minimum atomic E-state index is -5.23. The van der Waals surface area contributed by atoms with Crippen molar-refractivity contribution in [2.75, 3.05) is 13.1 Å². The van der Waals surface area contributed by atoms with Crippen molar-refractivity contribution in [2.24, 2.45) is 22.7 Å². The third-order valence-corrected chi connectivity index (χ3v) is 13.6. The largest absolute Gasteiger partial charge is 0.508 e. The highest BCUT2D eigenvalue weighted by Crippen LogP contribution is 2.64. The summed E-state index contributed by atoms with van der Waals surface area (Å²) in [6, 6.07) is 5.58. The van der Waals surface area contributed by atoms with Crippen molar-refractivity contribution >= 4 is 27.0 Å². The van der Waals surface area contributed by atoms with Crippen LogP contribution in [-0.4, -0.2) is 65.7 Å². The normalized spacial score (nSPS) is 29.8. The van der Waals surface area contributed by atoms with E-state index in [1.54, 1.807) is 19.9 Å². The second-order valence-electron chi connectivity index (χ2n) is 13.1. The molecule has 12 nitrogen and oxygen atoms in total. The summed E-state index contributed by atoms with van der Waals surface area (Å²) in [6.07, 6.45) is 3.34. The van der Waals surface area contributed by atoms with Gasteiger partial charge < -0.3 is 40.4 Å². The highest BCUT2D eigenvalue weighted by molar-refractivity contribution is 7.70. The van der Waals surface area contributed by atoms with Crippen LogP contribution in [0.25, 0.3) is 0 Å². The van der Waals surface area contributed by atoms with E-state index in [0.717, 1.165) is 25.7 Å². The Bertz CT molecular complexity index is 1270. The summed E-state index contributed by atoms with van der Waals surface area (Å²) in [7, 11) is -10.5. The Morgan fingerprint density at radius 1 is 1.02 bits per heavy atom. The van der Waals surface area contributed by atoms with Crippen molar-refractivity contribution in [2.45, 2.75) is 82.6 Å². The number of phenolic OH excluding ortho intramolecular Hbond substituents is 1. The molecule has 3 aliphatic rings. The Balaban J connectivity index is 1.37. The molecule has 0 aromatic heterocycles. The number of benzene rings is 1. The minimum Gasteiger partial charge on any atom is -0.508 e. The summed E-state index contributed by atoms with van der Waals surface area (Å²) in [5.74, 6) is -0.298. The molecule has 0 bridgehead atoms. The zero-order chi connectivity index (χ0) is 30.6. The molecule has 0 aliphatic heterocycles. The van der Waals surface area contributed by atoms with E-state index in [2.05, 4.69) is 10.6 Å². The van der Waals surface area contributed by atoms with Crippen LogP contribution in [0.3, 0.4) is 0 Å². The predicted octanol–water partition coefficient (Wildman–Crippen LogP) is 2.31. The molecular weight excluding hydrogens is 574 g/mol. The van der Waals surface area contributed by atoms with Gasteiger partial charge >= 0.3 is 15.2 Å². The predicted molar refractivity (Wildman–Crippen MR) is 150 cm³/mol. The number of hydrogen-bond donors (Lipinski definition) is 8. The fourth-order valence-electron chi connectivity index (χ4n) is 7.50. The van der Waals surface area contributed by atoms with Gasteiger partial charge in [0.25, 0.3) is 5.91 Å². The van der Waals surface area contributed by atoms with Crippen LogP contribution < -0.4 is 10.6 Å². The van der Waals surface area contributed by atoms with E-state index in [1.165, 1.54) is 11.1 Å². The summed E-state index contributed by atoms with van der Waals surface area (Å²) < 4.78 is 22.9.